The van der Waals surface area contributed by atoms with Crippen molar-refractivity contribution in [3.63, 3.8) is 0 Å². The number of piperazine rings is 1. The topological polar surface area (TPSA) is 18.5 Å². The van der Waals surface area contributed by atoms with Crippen molar-refractivity contribution in [3.8, 4) is 0 Å². The number of fused-ring (bicyclic) bond motifs is 1. The second-order valence-electron chi connectivity index (χ2n) is 5.89. The van der Waals surface area contributed by atoms with Gasteiger partial charge in [0, 0.05) is 45.3 Å². The Morgan fingerprint density at radius 3 is 2.79 bits per heavy atom. The molecule has 1 aliphatic heterocycles. The van der Waals surface area contributed by atoms with Crippen molar-refractivity contribution in [1.29, 1.82) is 0 Å². The largest absolute Gasteiger partial charge is 0.309 e. The Bertz CT molecular complexity index is 410. The molecule has 0 amide bonds. The molecule has 3 rings (SSSR count). The zero-order chi connectivity index (χ0) is 13.1. The van der Waals surface area contributed by atoms with Gasteiger partial charge in [-0.25, -0.2) is 0 Å². The minimum Gasteiger partial charge on any atom is -0.309 e. The second kappa shape index (κ2) is 6.04. The number of rotatable bonds is 4. The quantitative estimate of drug-likeness (QED) is 0.884. The summed E-state index contributed by atoms with van der Waals surface area (Å²) in [7, 11) is 2.21. The van der Waals surface area contributed by atoms with Crippen molar-refractivity contribution in [3.05, 3.63) is 35.4 Å². The number of benzene rings is 1. The molecule has 0 radical (unpaired) electrons. The van der Waals surface area contributed by atoms with Gasteiger partial charge < -0.3 is 10.2 Å². The zero-order valence-electron chi connectivity index (χ0n) is 11.9. The van der Waals surface area contributed by atoms with Crippen molar-refractivity contribution in [2.24, 2.45) is 0 Å². The lowest BCUT2D eigenvalue weighted by Crippen LogP contribution is -2.46. The van der Waals surface area contributed by atoms with Gasteiger partial charge in [0.05, 0.1) is 0 Å². The monoisotopic (exact) mass is 259 g/mol. The summed E-state index contributed by atoms with van der Waals surface area (Å²) in [6, 6.07) is 9.47. The minimum atomic E-state index is 0.587. The lowest BCUT2D eigenvalue weighted by atomic mass is 10.1. The van der Waals surface area contributed by atoms with Gasteiger partial charge in [0.25, 0.3) is 0 Å². The average molecular weight is 259 g/mol. The van der Waals surface area contributed by atoms with Crippen LogP contribution >= 0.6 is 0 Å². The molecule has 3 nitrogen and oxygen atoms in total. The normalized spacial score (nSPS) is 24.6. The van der Waals surface area contributed by atoms with Crippen LogP contribution in [0.25, 0.3) is 0 Å². The summed E-state index contributed by atoms with van der Waals surface area (Å²) >= 11 is 0. The molecule has 0 spiro atoms. The Morgan fingerprint density at radius 2 is 1.95 bits per heavy atom. The maximum absolute atomic E-state index is 3.74. The van der Waals surface area contributed by atoms with Gasteiger partial charge in [0.1, 0.15) is 0 Å². The number of aryl methyl sites for hydroxylation is 1. The van der Waals surface area contributed by atoms with Crippen LogP contribution in [0.1, 0.15) is 23.6 Å². The molecule has 1 fully saturated rings. The molecule has 1 aromatic carbocycles. The van der Waals surface area contributed by atoms with Gasteiger partial charge in [-0.3, -0.25) is 4.90 Å². The fourth-order valence-electron chi connectivity index (χ4n) is 3.24. The van der Waals surface area contributed by atoms with Crippen molar-refractivity contribution < 1.29 is 0 Å². The molecule has 1 saturated heterocycles. The molecular weight excluding hydrogens is 234 g/mol. The molecular formula is C16H25N3. The third kappa shape index (κ3) is 3.16. The molecule has 0 aromatic heterocycles. The Hall–Kier alpha value is -0.900. The molecule has 1 unspecified atom stereocenters. The highest BCUT2D eigenvalue weighted by Crippen LogP contribution is 2.30. The molecule has 1 N–H and O–H groups in total. The first-order chi connectivity index (χ1) is 9.33. The van der Waals surface area contributed by atoms with Gasteiger partial charge >= 0.3 is 0 Å². The Labute approximate surface area is 116 Å². The summed E-state index contributed by atoms with van der Waals surface area (Å²) < 4.78 is 0. The number of nitrogens with zero attached hydrogens (tertiary/aromatic N) is 2. The van der Waals surface area contributed by atoms with Gasteiger partial charge in [0.2, 0.25) is 0 Å². The molecule has 0 saturated carbocycles. The summed E-state index contributed by atoms with van der Waals surface area (Å²) in [4.78, 5) is 4.99. The number of hydrogen-bond acceptors (Lipinski definition) is 3. The molecule has 2 aliphatic rings. The Balaban J connectivity index is 1.44. The van der Waals surface area contributed by atoms with Crippen molar-refractivity contribution >= 4 is 0 Å². The summed E-state index contributed by atoms with van der Waals surface area (Å²) in [5, 5.41) is 3.74. The summed E-state index contributed by atoms with van der Waals surface area (Å²) in [6.45, 7) is 7.17. The van der Waals surface area contributed by atoms with E-state index in [0.29, 0.717) is 6.04 Å². The lowest BCUT2D eigenvalue weighted by Gasteiger charge is -2.32. The van der Waals surface area contributed by atoms with Crippen LogP contribution in [0.15, 0.2) is 24.3 Å². The minimum absolute atomic E-state index is 0.587. The first-order valence-electron chi connectivity index (χ1n) is 7.55. The molecule has 0 bridgehead atoms. The molecule has 1 heterocycles. The van der Waals surface area contributed by atoms with E-state index < -0.39 is 0 Å². The predicted octanol–water partition coefficient (Wildman–Crippen LogP) is 1.51. The highest BCUT2D eigenvalue weighted by atomic mass is 15.2. The van der Waals surface area contributed by atoms with E-state index in [1.807, 2.05) is 0 Å². The van der Waals surface area contributed by atoms with E-state index in [1.54, 1.807) is 5.56 Å². The lowest BCUT2D eigenvalue weighted by molar-refractivity contribution is 0.153. The van der Waals surface area contributed by atoms with E-state index in [9.17, 15) is 0 Å². The third-order valence-electron chi connectivity index (χ3n) is 4.55. The first-order valence-corrected chi connectivity index (χ1v) is 7.55. The summed E-state index contributed by atoms with van der Waals surface area (Å²) in [5.41, 5.74) is 3.07. The van der Waals surface area contributed by atoms with Gasteiger partial charge in [-0.05, 0) is 31.0 Å². The summed E-state index contributed by atoms with van der Waals surface area (Å²) in [5.74, 6) is 0. The van der Waals surface area contributed by atoms with E-state index in [1.165, 1.54) is 51.1 Å². The van der Waals surface area contributed by atoms with Crippen LogP contribution in [0.2, 0.25) is 0 Å². The molecule has 1 aliphatic carbocycles. The van der Waals surface area contributed by atoms with Gasteiger partial charge in [-0.1, -0.05) is 24.3 Å². The van der Waals surface area contributed by atoms with E-state index in [2.05, 4.69) is 46.4 Å². The van der Waals surface area contributed by atoms with Crippen LogP contribution < -0.4 is 5.32 Å². The van der Waals surface area contributed by atoms with Crippen LogP contribution in [0.4, 0.5) is 0 Å². The number of hydrogen-bond donors (Lipinski definition) is 1. The van der Waals surface area contributed by atoms with Crippen LogP contribution in [0.3, 0.4) is 0 Å². The van der Waals surface area contributed by atoms with Crippen molar-refractivity contribution in [2.75, 3.05) is 46.3 Å². The Morgan fingerprint density at radius 1 is 1.16 bits per heavy atom. The molecule has 1 atom stereocenters. The standard InChI is InChI=1S/C16H25N3/c1-18-10-12-19(13-11-18)9-8-17-16-7-6-14-4-2-3-5-15(14)16/h2-5,16-17H,6-13H2,1H3. The van der Waals surface area contributed by atoms with Crippen LogP contribution in [-0.2, 0) is 6.42 Å². The maximum atomic E-state index is 3.74. The molecule has 1 aromatic rings. The van der Waals surface area contributed by atoms with E-state index in [-0.39, 0.29) is 0 Å². The van der Waals surface area contributed by atoms with E-state index in [0.717, 1.165) is 6.54 Å². The third-order valence-corrected chi connectivity index (χ3v) is 4.55. The zero-order valence-corrected chi connectivity index (χ0v) is 11.9. The Kier molecular flexibility index (Phi) is 4.16. The van der Waals surface area contributed by atoms with Gasteiger partial charge in [-0.2, -0.15) is 0 Å². The first kappa shape index (κ1) is 13.1. The predicted molar refractivity (Wildman–Crippen MR) is 79.4 cm³/mol. The fraction of sp³-hybridized carbons (Fsp3) is 0.625. The molecule has 3 heteroatoms. The van der Waals surface area contributed by atoms with E-state index in [4.69, 9.17) is 0 Å². The number of likely N-dealkylation sites (N-methyl/N-ethyl adjacent to an activating group) is 1. The second-order valence-corrected chi connectivity index (χ2v) is 5.89. The van der Waals surface area contributed by atoms with Gasteiger partial charge in [0.15, 0.2) is 0 Å². The van der Waals surface area contributed by atoms with E-state index >= 15 is 0 Å². The summed E-state index contributed by atoms with van der Waals surface area (Å²) in [6.07, 6.45) is 2.50. The molecule has 104 valence electrons. The fourth-order valence-corrected chi connectivity index (χ4v) is 3.24. The average Bonchev–Trinajstić information content (AvgIpc) is 2.85. The van der Waals surface area contributed by atoms with Crippen LogP contribution in [0, 0.1) is 0 Å². The SMILES string of the molecule is CN1CCN(CCNC2CCc3ccccc32)CC1. The van der Waals surface area contributed by atoms with Crippen molar-refractivity contribution in [1.82, 2.24) is 15.1 Å². The maximum Gasteiger partial charge on any atom is 0.0326 e. The highest BCUT2D eigenvalue weighted by Gasteiger charge is 2.21. The highest BCUT2D eigenvalue weighted by molar-refractivity contribution is 5.34. The van der Waals surface area contributed by atoms with Crippen LogP contribution in [-0.4, -0.2) is 56.1 Å². The number of nitrogens with one attached hydrogen (secondary N) is 1. The molecule has 19 heavy (non-hydrogen) atoms. The van der Waals surface area contributed by atoms with Crippen LogP contribution in [0.5, 0.6) is 0 Å². The van der Waals surface area contributed by atoms with Crippen molar-refractivity contribution in [2.45, 2.75) is 18.9 Å². The smallest absolute Gasteiger partial charge is 0.0326 e. The van der Waals surface area contributed by atoms with Gasteiger partial charge in [-0.15, -0.1) is 0 Å².